The van der Waals surface area contributed by atoms with Crippen LogP contribution in [0, 0.1) is 0 Å². The van der Waals surface area contributed by atoms with Gasteiger partial charge in [0.25, 0.3) is 0 Å². The van der Waals surface area contributed by atoms with E-state index in [1.54, 1.807) is 0 Å². The van der Waals surface area contributed by atoms with E-state index in [0.717, 1.165) is 0 Å². The summed E-state index contributed by atoms with van der Waals surface area (Å²) in [5.74, 6) is 0. The van der Waals surface area contributed by atoms with Crippen molar-refractivity contribution in [1.82, 2.24) is 0 Å². The maximum absolute atomic E-state index is 10.6. The van der Waals surface area contributed by atoms with Crippen molar-refractivity contribution in [3.63, 3.8) is 0 Å². The molecule has 0 saturated carbocycles. The molecule has 0 atom stereocenters. The van der Waals surface area contributed by atoms with Crippen molar-refractivity contribution in [2.45, 2.75) is 70.8 Å². The molecule has 0 unspecified atom stereocenters. The zero-order chi connectivity index (χ0) is 23.0. The number of quaternary nitrogens is 1. The van der Waals surface area contributed by atoms with Gasteiger partial charge in [-0.1, -0.05) is 26.2 Å². The van der Waals surface area contributed by atoms with E-state index in [-0.39, 0.29) is 19.5 Å². The number of rotatable bonds is 9. The molecule has 0 rings (SSSR count). The Kier molecular flexibility index (Phi) is 23.6. The van der Waals surface area contributed by atoms with Gasteiger partial charge < -0.3 is 21.3 Å². The van der Waals surface area contributed by atoms with Crippen LogP contribution in [-0.4, -0.2) is 41.7 Å². The molecule has 29 heavy (non-hydrogen) atoms. The summed E-state index contributed by atoms with van der Waals surface area (Å²) in [5.41, 5.74) is -10.2. The topological polar surface area (TPSA) is 68.3 Å². The van der Waals surface area contributed by atoms with Gasteiger partial charge in [-0.3, -0.25) is 0 Å². The molecule has 0 aromatic carbocycles. The Morgan fingerprint density at radius 1 is 0.621 bits per heavy atom. The van der Waals surface area contributed by atoms with Crippen LogP contribution >= 0.6 is 0 Å². The Bertz CT molecular complexity index is 478. The first-order valence-electron chi connectivity index (χ1n) is 8.80. The summed E-state index contributed by atoms with van der Waals surface area (Å²) in [5, 5.41) is 0. The molecule has 0 aromatic rings. The smallest absolute Gasteiger partial charge is 0.416 e. The van der Waals surface area contributed by atoms with Gasteiger partial charge in [0.15, 0.2) is 0 Å². The largest absolute Gasteiger partial charge is 3.00 e. The van der Waals surface area contributed by atoms with Gasteiger partial charge in [-0.15, -0.1) is 0 Å². The normalized spacial score (nSPS) is 11.9. The molecule has 5 nitrogen and oxygen atoms in total. The first-order valence-corrected chi connectivity index (χ1v) is 11.0. The van der Waals surface area contributed by atoms with Crippen LogP contribution in [0.3, 0.4) is 0 Å². The second-order valence-corrected chi connectivity index (χ2v) is 7.65. The third-order valence-corrected chi connectivity index (χ3v) is 4.88. The SMILES string of the molecule is CCCCCCC[N+](CC)(CC)CC.O=[S-](=O)C(F)(F)F.O=[S-](=O)C(F)(F)F.[Ru+3]. The monoisotopic (exact) mass is 568 g/mol. The Labute approximate surface area is 185 Å². The van der Waals surface area contributed by atoms with E-state index < -0.39 is 32.4 Å². The van der Waals surface area contributed by atoms with Crippen LogP contribution < -0.4 is 0 Å². The van der Waals surface area contributed by atoms with Gasteiger partial charge in [0.2, 0.25) is 0 Å². The van der Waals surface area contributed by atoms with Crippen molar-refractivity contribution >= 4 is 21.4 Å². The fourth-order valence-electron chi connectivity index (χ4n) is 2.20. The standard InChI is InChI=1S/C13H30N.2CF3O2S.Ru/c1-5-9-10-11-12-13-14(6-2,7-3)8-4;2*2-1(3,4)7(5)6;/h5-13H2,1-4H3;;;/q+1;2*-1;+3. The van der Waals surface area contributed by atoms with Crippen molar-refractivity contribution in [3.8, 4) is 0 Å². The molecular formula is C15H30F6NO4RuS2+2. The summed E-state index contributed by atoms with van der Waals surface area (Å²) < 4.78 is 100. The van der Waals surface area contributed by atoms with Crippen LogP contribution in [0.4, 0.5) is 26.3 Å². The van der Waals surface area contributed by atoms with Gasteiger partial charge in [-0.2, -0.15) is 26.3 Å². The fraction of sp³-hybridized carbons (Fsp3) is 1.00. The van der Waals surface area contributed by atoms with Crippen LogP contribution in [0.25, 0.3) is 0 Å². The van der Waals surface area contributed by atoms with E-state index in [0.29, 0.717) is 0 Å². The van der Waals surface area contributed by atoms with Gasteiger partial charge in [0.05, 0.1) is 26.2 Å². The summed E-state index contributed by atoms with van der Waals surface area (Å²) >= 11 is 0. The van der Waals surface area contributed by atoms with Crippen LogP contribution in [0.2, 0.25) is 0 Å². The Balaban J connectivity index is -0.000000177. The summed E-state index contributed by atoms with van der Waals surface area (Å²) in [6.45, 7) is 14.6. The molecule has 14 heteroatoms. The zero-order valence-corrected chi connectivity index (χ0v) is 20.3. The van der Waals surface area contributed by atoms with Crippen LogP contribution in [0.1, 0.15) is 59.8 Å². The predicted octanol–water partition coefficient (Wildman–Crippen LogP) is 5.46. The molecule has 0 spiro atoms. The molecule has 1 radical (unpaired) electrons. The van der Waals surface area contributed by atoms with Crippen molar-refractivity contribution < 1.29 is 67.1 Å². The third kappa shape index (κ3) is 22.6. The summed E-state index contributed by atoms with van der Waals surface area (Å²) in [6.07, 6.45) is 7.08. The Hall–Kier alpha value is 0.0634. The predicted molar refractivity (Wildman–Crippen MR) is 95.1 cm³/mol. The third-order valence-electron chi connectivity index (χ3n) is 4.13. The molecule has 0 aliphatic rings. The van der Waals surface area contributed by atoms with Crippen molar-refractivity contribution in [2.24, 2.45) is 0 Å². The number of hydrogen-bond donors (Lipinski definition) is 0. The van der Waals surface area contributed by atoms with Crippen molar-refractivity contribution in [1.29, 1.82) is 0 Å². The molecule has 0 N–H and O–H groups in total. The maximum atomic E-state index is 10.6. The molecule has 0 saturated heterocycles. The van der Waals surface area contributed by atoms with Crippen LogP contribution in [0.15, 0.2) is 0 Å². The van der Waals surface area contributed by atoms with Gasteiger partial charge in [0.1, 0.15) is 0 Å². The molecule has 0 fully saturated rings. The molecule has 0 amide bonds. The number of halogens is 6. The second kappa shape index (κ2) is 18.8. The van der Waals surface area contributed by atoms with Crippen LogP contribution in [-0.2, 0) is 57.7 Å². The zero-order valence-electron chi connectivity index (χ0n) is 16.9. The molecule has 0 aromatic heterocycles. The Morgan fingerprint density at radius 3 is 1.10 bits per heavy atom. The van der Waals surface area contributed by atoms with Crippen molar-refractivity contribution in [2.75, 3.05) is 26.2 Å². The summed E-state index contributed by atoms with van der Waals surface area (Å²) in [6, 6.07) is 0. The first kappa shape index (κ1) is 36.4. The molecule has 0 aliphatic carbocycles. The van der Waals surface area contributed by atoms with E-state index in [1.165, 1.54) is 62.8 Å². The molecule has 0 aliphatic heterocycles. The molecule has 179 valence electrons. The minimum Gasteiger partial charge on any atom is -0.416 e. The van der Waals surface area contributed by atoms with E-state index >= 15 is 0 Å². The van der Waals surface area contributed by atoms with Gasteiger partial charge >= 0.3 is 30.5 Å². The number of hydrogen-bond acceptors (Lipinski definition) is 6. The number of unbranched alkanes of at least 4 members (excludes halogenated alkanes) is 4. The molecular weight excluding hydrogens is 537 g/mol. The van der Waals surface area contributed by atoms with Crippen molar-refractivity contribution in [3.05, 3.63) is 0 Å². The maximum Gasteiger partial charge on any atom is 3.00 e. The average Bonchev–Trinajstić information content (AvgIpc) is 2.58. The molecule has 0 heterocycles. The van der Waals surface area contributed by atoms with Crippen LogP contribution in [0.5, 0.6) is 0 Å². The van der Waals surface area contributed by atoms with Gasteiger partial charge in [-0.05, 0) is 33.6 Å². The number of nitrogens with zero attached hydrogens (tertiary/aromatic N) is 1. The average molecular weight is 568 g/mol. The quantitative estimate of drug-likeness (QED) is 0.122. The fourth-order valence-corrected chi connectivity index (χ4v) is 2.20. The van der Waals surface area contributed by atoms with E-state index in [2.05, 4.69) is 27.7 Å². The van der Waals surface area contributed by atoms with E-state index in [9.17, 15) is 26.3 Å². The minimum atomic E-state index is -5.08. The van der Waals surface area contributed by atoms with E-state index in [4.69, 9.17) is 16.8 Å². The van der Waals surface area contributed by atoms with Gasteiger partial charge in [-0.25, -0.2) is 0 Å². The second-order valence-electron chi connectivity index (χ2n) is 5.79. The molecule has 0 bridgehead atoms. The minimum absolute atomic E-state index is 0. The first-order chi connectivity index (χ1) is 12.6. The Morgan fingerprint density at radius 2 is 0.897 bits per heavy atom. The number of alkyl halides is 6. The van der Waals surface area contributed by atoms with E-state index in [1.807, 2.05) is 0 Å². The van der Waals surface area contributed by atoms with Gasteiger partial charge in [0, 0.05) is 21.4 Å². The summed E-state index contributed by atoms with van der Waals surface area (Å²) in [7, 11) is -7.87. The summed E-state index contributed by atoms with van der Waals surface area (Å²) in [4.78, 5) is 0.